The van der Waals surface area contributed by atoms with E-state index in [0.717, 1.165) is 17.8 Å². The van der Waals surface area contributed by atoms with E-state index in [0.29, 0.717) is 17.8 Å². The molecule has 2 aromatic carbocycles. The molecule has 0 fully saturated rings. The number of H-pyrrole nitrogens is 1. The smallest absolute Gasteiger partial charge is 0.258 e. The summed E-state index contributed by atoms with van der Waals surface area (Å²) in [5.74, 6) is 1.58. The Morgan fingerprint density at radius 1 is 1.12 bits per heavy atom. The van der Waals surface area contributed by atoms with E-state index in [1.165, 1.54) is 4.90 Å². The predicted molar refractivity (Wildman–Crippen MR) is 94.5 cm³/mol. The second-order valence-corrected chi connectivity index (χ2v) is 5.95. The third-order valence-electron chi connectivity index (χ3n) is 4.29. The van der Waals surface area contributed by atoms with Crippen LogP contribution in [0.2, 0.25) is 0 Å². The quantitative estimate of drug-likeness (QED) is 0.724. The zero-order chi connectivity index (χ0) is 16.9. The van der Waals surface area contributed by atoms with E-state index in [2.05, 4.69) is 23.9 Å². The number of benzene rings is 2. The topological polar surface area (TPSA) is 59.4 Å². The summed E-state index contributed by atoms with van der Waals surface area (Å²) in [6.07, 6.45) is 0. The highest BCUT2D eigenvalue weighted by Crippen LogP contribution is 2.09. The van der Waals surface area contributed by atoms with E-state index in [9.17, 15) is 4.79 Å². The van der Waals surface area contributed by atoms with Gasteiger partial charge in [-0.1, -0.05) is 30.3 Å². The molecule has 0 bridgehead atoms. The van der Waals surface area contributed by atoms with E-state index < -0.39 is 0 Å². The predicted octanol–water partition coefficient (Wildman–Crippen LogP) is 1.58. The summed E-state index contributed by atoms with van der Waals surface area (Å²) >= 11 is 0. The fourth-order valence-corrected chi connectivity index (χ4v) is 2.61. The molecule has 0 saturated heterocycles. The summed E-state index contributed by atoms with van der Waals surface area (Å²) in [4.78, 5) is 20.9. The maximum absolute atomic E-state index is 12.2. The molecule has 2 N–H and O–H groups in total. The minimum Gasteiger partial charge on any atom is -0.488 e. The maximum atomic E-state index is 12.2. The second-order valence-electron chi connectivity index (χ2n) is 5.95. The van der Waals surface area contributed by atoms with Gasteiger partial charge >= 0.3 is 0 Å². The lowest BCUT2D eigenvalue weighted by Crippen LogP contribution is -3.09. The number of rotatable bonds is 6. The number of ether oxygens (including phenoxy) is 1. The minimum absolute atomic E-state index is 0.0710. The molecular formula is C19H22N3O2+. The first-order chi connectivity index (χ1) is 11.6. The zero-order valence-corrected chi connectivity index (χ0v) is 14.0. The van der Waals surface area contributed by atoms with Crippen molar-refractivity contribution in [1.82, 2.24) is 9.97 Å². The van der Waals surface area contributed by atoms with Crippen molar-refractivity contribution in [2.24, 2.45) is 0 Å². The van der Waals surface area contributed by atoms with Crippen molar-refractivity contribution in [3.8, 4) is 5.75 Å². The summed E-state index contributed by atoms with van der Waals surface area (Å²) in [5, 5.41) is 0.624. The van der Waals surface area contributed by atoms with Gasteiger partial charge in [0, 0.05) is 0 Å². The third kappa shape index (κ3) is 3.63. The molecular weight excluding hydrogens is 302 g/mol. The van der Waals surface area contributed by atoms with Crippen LogP contribution in [0.5, 0.6) is 5.75 Å². The highest BCUT2D eigenvalue weighted by Gasteiger charge is 2.18. The number of aromatic amines is 1. The third-order valence-corrected chi connectivity index (χ3v) is 4.29. The highest BCUT2D eigenvalue weighted by atomic mass is 16.5. The molecule has 0 saturated carbocycles. The Balaban J connectivity index is 1.67. The normalized spacial score (nSPS) is 13.6. The average molecular weight is 324 g/mol. The molecule has 124 valence electrons. The maximum Gasteiger partial charge on any atom is 0.258 e. The molecule has 5 nitrogen and oxygen atoms in total. The lowest BCUT2D eigenvalue weighted by molar-refractivity contribution is -0.910. The molecule has 0 aliphatic carbocycles. The Labute approximate surface area is 140 Å². The number of hydrogen-bond acceptors (Lipinski definition) is 3. The molecule has 2 atom stereocenters. The molecule has 1 aromatic heterocycles. The number of para-hydroxylation sites is 2. The molecule has 0 aliphatic rings. The van der Waals surface area contributed by atoms with Gasteiger partial charge in [-0.2, -0.15) is 0 Å². The van der Waals surface area contributed by atoms with Gasteiger partial charge in [-0.3, -0.25) is 4.79 Å². The Morgan fingerprint density at radius 3 is 2.62 bits per heavy atom. The molecule has 0 amide bonds. The van der Waals surface area contributed by atoms with Crippen LogP contribution in [0, 0.1) is 0 Å². The van der Waals surface area contributed by atoms with Crippen LogP contribution in [0.25, 0.3) is 10.9 Å². The van der Waals surface area contributed by atoms with Gasteiger partial charge in [-0.05, 0) is 31.2 Å². The van der Waals surface area contributed by atoms with Crippen molar-refractivity contribution in [3.63, 3.8) is 0 Å². The summed E-state index contributed by atoms with van der Waals surface area (Å²) in [5.41, 5.74) is 0.646. The standard InChI is InChI=1S/C19H21N3O2/c1-14(22(2)12-13-24-15-8-4-3-5-9-15)18-20-17-11-7-6-10-16(17)19(23)21-18/h3-11,14H,12-13H2,1-2H3,(H,20,21,23)/p+1/t14-/m0/s1. The number of aromatic nitrogens is 2. The second kappa shape index (κ2) is 7.27. The van der Waals surface area contributed by atoms with Gasteiger partial charge in [0.15, 0.2) is 5.82 Å². The van der Waals surface area contributed by atoms with Crippen LogP contribution in [-0.4, -0.2) is 30.2 Å². The van der Waals surface area contributed by atoms with E-state index in [4.69, 9.17) is 4.74 Å². The summed E-state index contributed by atoms with van der Waals surface area (Å²) in [6, 6.07) is 17.2. The van der Waals surface area contributed by atoms with Gasteiger partial charge in [0.1, 0.15) is 24.9 Å². The zero-order valence-electron chi connectivity index (χ0n) is 14.0. The molecule has 1 heterocycles. The Bertz CT molecular complexity index is 861. The van der Waals surface area contributed by atoms with Crippen molar-refractivity contribution in [2.75, 3.05) is 20.2 Å². The number of nitrogens with one attached hydrogen (secondary N) is 2. The molecule has 1 unspecified atom stereocenters. The van der Waals surface area contributed by atoms with Crippen molar-refractivity contribution < 1.29 is 9.64 Å². The van der Waals surface area contributed by atoms with Crippen molar-refractivity contribution in [1.29, 1.82) is 0 Å². The van der Waals surface area contributed by atoms with Crippen LogP contribution >= 0.6 is 0 Å². The van der Waals surface area contributed by atoms with Crippen LogP contribution < -0.4 is 15.2 Å². The van der Waals surface area contributed by atoms with Crippen molar-refractivity contribution in [3.05, 3.63) is 70.8 Å². The molecule has 3 aromatic rings. The van der Waals surface area contributed by atoms with Gasteiger partial charge in [-0.15, -0.1) is 0 Å². The monoisotopic (exact) mass is 324 g/mol. The van der Waals surface area contributed by atoms with Crippen molar-refractivity contribution in [2.45, 2.75) is 13.0 Å². The van der Waals surface area contributed by atoms with Crippen LogP contribution in [0.4, 0.5) is 0 Å². The molecule has 5 heteroatoms. The number of hydrogen-bond donors (Lipinski definition) is 2. The van der Waals surface area contributed by atoms with E-state index in [1.54, 1.807) is 6.07 Å². The first kappa shape index (κ1) is 16.2. The minimum atomic E-state index is -0.0872. The van der Waals surface area contributed by atoms with Gasteiger partial charge in [-0.25, -0.2) is 4.98 Å². The molecule has 0 radical (unpaired) electrons. The van der Waals surface area contributed by atoms with E-state index >= 15 is 0 Å². The fourth-order valence-electron chi connectivity index (χ4n) is 2.61. The summed E-state index contributed by atoms with van der Waals surface area (Å²) in [6.45, 7) is 3.48. The van der Waals surface area contributed by atoms with E-state index in [-0.39, 0.29) is 11.6 Å². The largest absolute Gasteiger partial charge is 0.488 e. The number of fused-ring (bicyclic) bond motifs is 1. The van der Waals surface area contributed by atoms with Gasteiger partial charge in [0.25, 0.3) is 5.56 Å². The Morgan fingerprint density at radius 2 is 1.83 bits per heavy atom. The average Bonchev–Trinajstić information content (AvgIpc) is 2.62. The van der Waals surface area contributed by atoms with E-state index in [1.807, 2.05) is 48.5 Å². The van der Waals surface area contributed by atoms with Gasteiger partial charge in [0.2, 0.25) is 0 Å². The van der Waals surface area contributed by atoms with Crippen molar-refractivity contribution >= 4 is 10.9 Å². The summed E-state index contributed by atoms with van der Waals surface area (Å²) < 4.78 is 5.74. The Kier molecular flexibility index (Phi) is 4.91. The van der Waals surface area contributed by atoms with Gasteiger partial charge in [0.05, 0.1) is 18.0 Å². The van der Waals surface area contributed by atoms with Crippen LogP contribution in [0.3, 0.4) is 0 Å². The molecule has 0 aliphatic heterocycles. The van der Waals surface area contributed by atoms with Crippen LogP contribution in [0.1, 0.15) is 18.8 Å². The number of quaternary nitrogens is 1. The molecule has 0 spiro atoms. The lowest BCUT2D eigenvalue weighted by Gasteiger charge is -2.21. The number of nitrogens with zero attached hydrogens (tertiary/aromatic N) is 1. The molecule has 3 rings (SSSR count). The highest BCUT2D eigenvalue weighted by molar-refractivity contribution is 5.77. The van der Waals surface area contributed by atoms with Crippen LogP contribution in [0.15, 0.2) is 59.4 Å². The number of likely N-dealkylation sites (N-methyl/N-ethyl adjacent to an activating group) is 1. The molecule has 24 heavy (non-hydrogen) atoms. The fraction of sp³-hybridized carbons (Fsp3) is 0.263. The summed E-state index contributed by atoms with van der Waals surface area (Å²) in [7, 11) is 2.08. The van der Waals surface area contributed by atoms with Gasteiger partial charge < -0.3 is 14.6 Å². The Hall–Kier alpha value is -2.66. The lowest BCUT2D eigenvalue weighted by atomic mass is 10.2. The first-order valence-corrected chi connectivity index (χ1v) is 8.14. The first-order valence-electron chi connectivity index (χ1n) is 8.14. The SMILES string of the molecule is C[C@@H](c1nc2ccccc2c(=O)[nH]1)[NH+](C)CCOc1ccccc1. The van der Waals surface area contributed by atoms with Crippen LogP contribution in [-0.2, 0) is 0 Å².